The molecule has 0 aliphatic heterocycles. The number of H-pyrrole nitrogens is 1. The van der Waals surface area contributed by atoms with E-state index in [0.29, 0.717) is 0 Å². The van der Waals surface area contributed by atoms with Crippen LogP contribution in [0.15, 0.2) is 0 Å². The van der Waals surface area contributed by atoms with Crippen LogP contribution in [-0.4, -0.2) is 14.8 Å². The maximum absolute atomic E-state index is 5.23. The number of nitrogens with one attached hydrogen (secondary N) is 1. The van der Waals surface area contributed by atoms with Crippen molar-refractivity contribution in [1.29, 1.82) is 0 Å². The van der Waals surface area contributed by atoms with Gasteiger partial charge in [0.25, 0.3) is 0 Å². The molecule has 18 heavy (non-hydrogen) atoms. The third-order valence-corrected chi connectivity index (χ3v) is 3.70. The van der Waals surface area contributed by atoms with E-state index in [1.165, 1.54) is 51.4 Å². The van der Waals surface area contributed by atoms with Crippen LogP contribution in [0.1, 0.15) is 71.0 Å². The highest BCUT2D eigenvalue weighted by Gasteiger charge is 2.02. The maximum Gasteiger partial charge on any atom is 0.195 e. The number of rotatable bonds is 10. The molecule has 0 fully saturated rings. The summed E-state index contributed by atoms with van der Waals surface area (Å²) in [5.74, 6) is 1.09. The summed E-state index contributed by atoms with van der Waals surface area (Å²) in [5, 5.41) is 7.11. The molecule has 0 atom stereocenters. The summed E-state index contributed by atoms with van der Waals surface area (Å²) in [6, 6.07) is 0. The lowest BCUT2D eigenvalue weighted by molar-refractivity contribution is 0.533. The highest BCUT2D eigenvalue weighted by Crippen LogP contribution is 2.10. The molecule has 1 rings (SSSR count). The number of hydrogen-bond acceptors (Lipinski definition) is 2. The van der Waals surface area contributed by atoms with Gasteiger partial charge in [0.15, 0.2) is 4.77 Å². The molecule has 0 spiro atoms. The van der Waals surface area contributed by atoms with Crippen LogP contribution in [0, 0.1) is 4.77 Å². The number of hydrogen-bond donors (Lipinski definition) is 1. The van der Waals surface area contributed by atoms with Crippen LogP contribution in [-0.2, 0) is 13.0 Å². The fraction of sp³-hybridized carbons (Fsp3) is 0.857. The molecule has 104 valence electrons. The lowest BCUT2D eigenvalue weighted by Gasteiger charge is -2.05. The van der Waals surface area contributed by atoms with Crippen molar-refractivity contribution in [2.75, 3.05) is 0 Å². The second kappa shape index (κ2) is 9.31. The summed E-state index contributed by atoms with van der Waals surface area (Å²) in [5.41, 5.74) is 0. The van der Waals surface area contributed by atoms with E-state index in [1.807, 2.05) is 0 Å². The van der Waals surface area contributed by atoms with Gasteiger partial charge in [0, 0.05) is 13.0 Å². The molecule has 4 heteroatoms. The summed E-state index contributed by atoms with van der Waals surface area (Å²) in [7, 11) is 0. The molecular formula is C14H27N3S. The van der Waals surface area contributed by atoms with Gasteiger partial charge in [-0.15, -0.1) is 0 Å². The Kier molecular flexibility index (Phi) is 7.98. The molecule has 0 aromatic carbocycles. The molecular weight excluding hydrogens is 242 g/mol. The first-order chi connectivity index (χ1) is 8.79. The van der Waals surface area contributed by atoms with E-state index in [4.69, 9.17) is 12.2 Å². The largest absolute Gasteiger partial charge is 0.304 e. The van der Waals surface area contributed by atoms with E-state index in [1.54, 1.807) is 0 Å². The van der Waals surface area contributed by atoms with Crippen LogP contribution in [0.3, 0.4) is 0 Å². The SMILES string of the molecule is CCCCCCCCCCn1c(CC)n[nH]c1=S. The van der Waals surface area contributed by atoms with Gasteiger partial charge in [0.05, 0.1) is 0 Å². The third kappa shape index (κ3) is 5.34. The van der Waals surface area contributed by atoms with Crippen LogP contribution >= 0.6 is 12.2 Å². The predicted octanol–water partition coefficient (Wildman–Crippen LogP) is 4.64. The number of nitrogens with zero attached hydrogens (tertiary/aromatic N) is 2. The molecule has 0 bridgehead atoms. The van der Waals surface area contributed by atoms with Gasteiger partial charge < -0.3 is 4.57 Å². The molecule has 0 unspecified atom stereocenters. The Balaban J connectivity index is 2.10. The zero-order valence-electron chi connectivity index (χ0n) is 11.9. The van der Waals surface area contributed by atoms with Crippen LogP contribution in [0.5, 0.6) is 0 Å². The summed E-state index contributed by atoms with van der Waals surface area (Å²) in [6.45, 7) is 5.41. The van der Waals surface area contributed by atoms with Gasteiger partial charge in [-0.3, -0.25) is 5.10 Å². The van der Waals surface area contributed by atoms with E-state index in [-0.39, 0.29) is 0 Å². The fourth-order valence-corrected chi connectivity index (χ4v) is 2.50. The molecule has 1 aromatic heterocycles. The smallest absolute Gasteiger partial charge is 0.195 e. The van der Waals surface area contributed by atoms with Gasteiger partial charge in [-0.25, -0.2) is 0 Å². The van der Waals surface area contributed by atoms with Gasteiger partial charge in [-0.1, -0.05) is 58.8 Å². The van der Waals surface area contributed by atoms with E-state index >= 15 is 0 Å². The molecule has 0 radical (unpaired) electrons. The number of aromatic amines is 1. The molecule has 0 saturated carbocycles. The Bertz CT molecular complexity index is 367. The minimum Gasteiger partial charge on any atom is -0.304 e. The first-order valence-electron chi connectivity index (χ1n) is 7.43. The Morgan fingerprint density at radius 1 is 1.00 bits per heavy atom. The van der Waals surface area contributed by atoms with Gasteiger partial charge in [-0.05, 0) is 18.6 Å². The molecule has 0 aliphatic rings. The lowest BCUT2D eigenvalue weighted by Crippen LogP contribution is -2.03. The Hall–Kier alpha value is -0.640. The first-order valence-corrected chi connectivity index (χ1v) is 7.84. The van der Waals surface area contributed by atoms with Gasteiger partial charge >= 0.3 is 0 Å². The van der Waals surface area contributed by atoms with Gasteiger partial charge in [0.2, 0.25) is 0 Å². The maximum atomic E-state index is 5.23. The number of aryl methyl sites for hydroxylation is 1. The quantitative estimate of drug-likeness (QED) is 0.496. The zero-order valence-corrected chi connectivity index (χ0v) is 12.7. The average Bonchev–Trinajstić information content (AvgIpc) is 2.73. The van der Waals surface area contributed by atoms with Crippen LogP contribution in [0.4, 0.5) is 0 Å². The molecule has 0 amide bonds. The van der Waals surface area contributed by atoms with Crippen LogP contribution in [0.2, 0.25) is 0 Å². The molecule has 1 heterocycles. The third-order valence-electron chi connectivity index (χ3n) is 3.39. The summed E-state index contributed by atoms with van der Waals surface area (Å²) < 4.78 is 2.92. The summed E-state index contributed by atoms with van der Waals surface area (Å²) in [6.07, 6.45) is 11.7. The van der Waals surface area contributed by atoms with Crippen molar-refractivity contribution in [2.24, 2.45) is 0 Å². The van der Waals surface area contributed by atoms with Gasteiger partial charge in [-0.2, -0.15) is 5.10 Å². The highest BCUT2D eigenvalue weighted by molar-refractivity contribution is 7.71. The van der Waals surface area contributed by atoms with Crippen molar-refractivity contribution in [3.63, 3.8) is 0 Å². The second-order valence-corrected chi connectivity index (χ2v) is 5.31. The zero-order chi connectivity index (χ0) is 13.2. The monoisotopic (exact) mass is 269 g/mol. The molecule has 3 nitrogen and oxygen atoms in total. The van der Waals surface area contributed by atoms with E-state index in [9.17, 15) is 0 Å². The van der Waals surface area contributed by atoms with E-state index in [2.05, 4.69) is 28.6 Å². The van der Waals surface area contributed by atoms with Gasteiger partial charge in [0.1, 0.15) is 5.82 Å². The topological polar surface area (TPSA) is 33.6 Å². The Morgan fingerprint density at radius 3 is 2.22 bits per heavy atom. The van der Waals surface area contributed by atoms with Crippen molar-refractivity contribution in [2.45, 2.75) is 78.2 Å². The molecule has 1 aromatic rings. The van der Waals surface area contributed by atoms with Crippen molar-refractivity contribution in [3.8, 4) is 0 Å². The highest BCUT2D eigenvalue weighted by atomic mass is 32.1. The first kappa shape index (κ1) is 15.4. The van der Waals surface area contributed by atoms with Crippen LogP contribution in [0.25, 0.3) is 0 Å². The predicted molar refractivity (Wildman–Crippen MR) is 79.4 cm³/mol. The van der Waals surface area contributed by atoms with Crippen molar-refractivity contribution >= 4 is 12.2 Å². The van der Waals surface area contributed by atoms with E-state index < -0.39 is 0 Å². The lowest BCUT2D eigenvalue weighted by atomic mass is 10.1. The minimum atomic E-state index is 0.773. The molecule has 0 saturated heterocycles. The Morgan fingerprint density at radius 2 is 1.61 bits per heavy atom. The second-order valence-electron chi connectivity index (χ2n) is 4.93. The standard InChI is InChI=1S/C14H27N3S/c1-3-5-6-7-8-9-10-11-12-17-13(4-2)15-16-14(17)18/h3-12H2,1-2H3,(H,16,18). The van der Waals surface area contributed by atoms with Crippen molar-refractivity contribution in [1.82, 2.24) is 14.8 Å². The van der Waals surface area contributed by atoms with Crippen molar-refractivity contribution < 1.29 is 0 Å². The average molecular weight is 269 g/mol. The number of aromatic nitrogens is 3. The number of unbranched alkanes of at least 4 members (excludes halogenated alkanes) is 7. The van der Waals surface area contributed by atoms with Crippen LogP contribution < -0.4 is 0 Å². The molecule has 0 aliphatic carbocycles. The minimum absolute atomic E-state index is 0.773. The van der Waals surface area contributed by atoms with Crippen molar-refractivity contribution in [3.05, 3.63) is 10.6 Å². The van der Waals surface area contributed by atoms with E-state index in [0.717, 1.165) is 23.6 Å². The fourth-order valence-electron chi connectivity index (χ4n) is 2.25. The summed E-state index contributed by atoms with van der Waals surface area (Å²) >= 11 is 5.23. The normalized spacial score (nSPS) is 11.0. The Labute approximate surface area is 116 Å². The molecule has 1 N–H and O–H groups in total. The summed E-state index contributed by atoms with van der Waals surface area (Å²) in [4.78, 5) is 0.